The van der Waals surface area contributed by atoms with Gasteiger partial charge in [-0.25, -0.2) is 0 Å². The smallest absolute Gasteiger partial charge is 0.310 e. The lowest BCUT2D eigenvalue weighted by molar-refractivity contribution is -0.142. The number of ether oxygens (including phenoxy) is 1. The maximum absolute atomic E-state index is 12.5. The van der Waals surface area contributed by atoms with Gasteiger partial charge in [0, 0.05) is 11.1 Å². The number of benzene rings is 2. The van der Waals surface area contributed by atoms with Crippen LogP contribution in [0.3, 0.4) is 0 Å². The quantitative estimate of drug-likeness (QED) is 0.618. The van der Waals surface area contributed by atoms with Crippen LogP contribution in [-0.2, 0) is 16.0 Å². The molecule has 102 valence electrons. The van der Waals surface area contributed by atoms with E-state index in [0.717, 1.165) is 0 Å². The number of ketones is 1. The van der Waals surface area contributed by atoms with E-state index in [1.54, 1.807) is 37.3 Å². The Kier molecular flexibility index (Phi) is 4.66. The molecule has 0 bridgehead atoms. The third kappa shape index (κ3) is 3.32. The van der Waals surface area contributed by atoms with Gasteiger partial charge in [0.2, 0.25) is 0 Å². The first-order valence-corrected chi connectivity index (χ1v) is 6.55. The van der Waals surface area contributed by atoms with Crippen molar-refractivity contribution in [3.05, 3.63) is 71.3 Å². The van der Waals surface area contributed by atoms with Crippen LogP contribution < -0.4 is 0 Å². The van der Waals surface area contributed by atoms with Crippen molar-refractivity contribution in [2.24, 2.45) is 0 Å². The molecule has 3 heteroatoms. The summed E-state index contributed by atoms with van der Waals surface area (Å²) in [5.41, 5.74) is 1.86. The molecule has 0 aromatic heterocycles. The molecule has 0 heterocycles. The summed E-state index contributed by atoms with van der Waals surface area (Å²) < 4.78 is 4.94. The molecule has 0 aliphatic rings. The van der Waals surface area contributed by atoms with Gasteiger partial charge in [0.15, 0.2) is 5.78 Å². The average Bonchev–Trinajstić information content (AvgIpc) is 2.48. The van der Waals surface area contributed by atoms with Crippen LogP contribution >= 0.6 is 0 Å². The van der Waals surface area contributed by atoms with Crippen LogP contribution in [0.15, 0.2) is 54.6 Å². The number of rotatable bonds is 5. The molecule has 0 saturated carbocycles. The second-order valence-corrected chi connectivity index (χ2v) is 4.33. The molecule has 2 rings (SSSR count). The van der Waals surface area contributed by atoms with Gasteiger partial charge in [0.05, 0.1) is 13.0 Å². The van der Waals surface area contributed by atoms with Gasteiger partial charge in [0.25, 0.3) is 0 Å². The van der Waals surface area contributed by atoms with E-state index < -0.39 is 0 Å². The minimum atomic E-state index is -0.319. The van der Waals surface area contributed by atoms with Crippen LogP contribution in [0.4, 0.5) is 0 Å². The van der Waals surface area contributed by atoms with Gasteiger partial charge in [-0.05, 0) is 12.5 Å². The standard InChI is InChI=1S/C17H16O3/c1-2-20-16(18)12-14-10-6-7-11-15(14)17(19)13-8-4-3-5-9-13/h3-11H,2,12H2,1H3. The first kappa shape index (κ1) is 14.0. The largest absolute Gasteiger partial charge is 0.466 e. The van der Waals surface area contributed by atoms with Crippen molar-refractivity contribution in [3.63, 3.8) is 0 Å². The highest BCUT2D eigenvalue weighted by atomic mass is 16.5. The van der Waals surface area contributed by atoms with E-state index in [-0.39, 0.29) is 18.2 Å². The molecule has 0 unspecified atom stereocenters. The molecule has 0 spiro atoms. The van der Waals surface area contributed by atoms with E-state index in [0.29, 0.717) is 23.3 Å². The van der Waals surface area contributed by atoms with E-state index in [2.05, 4.69) is 0 Å². The third-order valence-electron chi connectivity index (χ3n) is 2.94. The minimum Gasteiger partial charge on any atom is -0.466 e. The van der Waals surface area contributed by atoms with Gasteiger partial charge >= 0.3 is 5.97 Å². The number of carbonyl (C=O) groups excluding carboxylic acids is 2. The van der Waals surface area contributed by atoms with Gasteiger partial charge in [-0.1, -0.05) is 54.6 Å². The Balaban J connectivity index is 2.28. The summed E-state index contributed by atoms with van der Waals surface area (Å²) in [5.74, 6) is -0.397. The number of hydrogen-bond donors (Lipinski definition) is 0. The molecule has 0 fully saturated rings. The maximum Gasteiger partial charge on any atom is 0.310 e. The van der Waals surface area contributed by atoms with Crippen LogP contribution in [-0.4, -0.2) is 18.4 Å². The predicted octanol–water partition coefficient (Wildman–Crippen LogP) is 3.02. The summed E-state index contributed by atoms with van der Waals surface area (Å²) in [6.45, 7) is 2.10. The van der Waals surface area contributed by atoms with Crippen molar-refractivity contribution in [1.82, 2.24) is 0 Å². The Morgan fingerprint density at radius 3 is 2.30 bits per heavy atom. The molecule has 0 amide bonds. The van der Waals surface area contributed by atoms with Crippen LogP contribution in [0, 0.1) is 0 Å². The van der Waals surface area contributed by atoms with Crippen molar-refractivity contribution in [2.75, 3.05) is 6.61 Å². The molecule has 3 nitrogen and oxygen atoms in total. The van der Waals surface area contributed by atoms with Gasteiger partial charge in [-0.15, -0.1) is 0 Å². The fourth-order valence-electron chi connectivity index (χ4n) is 2.01. The summed E-state index contributed by atoms with van der Waals surface area (Å²) in [4.78, 5) is 24.0. The van der Waals surface area contributed by atoms with Gasteiger partial charge in [0.1, 0.15) is 0 Å². The SMILES string of the molecule is CCOC(=O)Cc1ccccc1C(=O)c1ccccc1. The topological polar surface area (TPSA) is 43.4 Å². The highest BCUT2D eigenvalue weighted by Crippen LogP contribution is 2.15. The predicted molar refractivity (Wildman–Crippen MR) is 76.7 cm³/mol. The van der Waals surface area contributed by atoms with Gasteiger partial charge < -0.3 is 4.74 Å². The van der Waals surface area contributed by atoms with Crippen LogP contribution in [0.25, 0.3) is 0 Å². The highest BCUT2D eigenvalue weighted by molar-refractivity contribution is 6.10. The molecular weight excluding hydrogens is 252 g/mol. The molecular formula is C17H16O3. The summed E-state index contributed by atoms with van der Waals surface area (Å²) in [7, 11) is 0. The van der Waals surface area contributed by atoms with E-state index in [9.17, 15) is 9.59 Å². The normalized spacial score (nSPS) is 10.1. The maximum atomic E-state index is 12.5. The first-order valence-electron chi connectivity index (χ1n) is 6.55. The lowest BCUT2D eigenvalue weighted by Gasteiger charge is -2.08. The number of hydrogen-bond acceptors (Lipinski definition) is 3. The van der Waals surface area contributed by atoms with E-state index in [4.69, 9.17) is 4.74 Å². The second-order valence-electron chi connectivity index (χ2n) is 4.33. The molecule has 2 aromatic carbocycles. The molecule has 20 heavy (non-hydrogen) atoms. The van der Waals surface area contributed by atoms with Crippen molar-refractivity contribution in [1.29, 1.82) is 0 Å². The zero-order chi connectivity index (χ0) is 14.4. The van der Waals surface area contributed by atoms with Crippen molar-refractivity contribution >= 4 is 11.8 Å². The first-order chi connectivity index (χ1) is 9.72. The summed E-state index contributed by atoms with van der Waals surface area (Å²) in [5, 5.41) is 0. The van der Waals surface area contributed by atoms with Crippen LogP contribution in [0.2, 0.25) is 0 Å². The lowest BCUT2D eigenvalue weighted by atomic mass is 9.97. The van der Waals surface area contributed by atoms with E-state index >= 15 is 0 Å². The molecule has 0 N–H and O–H groups in total. The number of carbonyl (C=O) groups is 2. The minimum absolute atomic E-state index is 0.0782. The zero-order valence-corrected chi connectivity index (χ0v) is 11.3. The number of esters is 1. The Labute approximate surface area is 118 Å². The fourth-order valence-corrected chi connectivity index (χ4v) is 2.01. The van der Waals surface area contributed by atoms with Crippen LogP contribution in [0.1, 0.15) is 28.4 Å². The molecule has 0 atom stereocenters. The van der Waals surface area contributed by atoms with Crippen molar-refractivity contribution < 1.29 is 14.3 Å². The Morgan fingerprint density at radius 1 is 0.950 bits per heavy atom. The van der Waals surface area contributed by atoms with Gasteiger partial charge in [-0.3, -0.25) is 9.59 Å². The second kappa shape index (κ2) is 6.66. The van der Waals surface area contributed by atoms with Crippen LogP contribution in [0.5, 0.6) is 0 Å². The molecule has 0 aliphatic heterocycles. The third-order valence-corrected chi connectivity index (χ3v) is 2.94. The Bertz CT molecular complexity index is 603. The Morgan fingerprint density at radius 2 is 1.60 bits per heavy atom. The Hall–Kier alpha value is -2.42. The monoisotopic (exact) mass is 268 g/mol. The molecule has 0 saturated heterocycles. The molecule has 0 aliphatic carbocycles. The average molecular weight is 268 g/mol. The van der Waals surface area contributed by atoms with E-state index in [1.165, 1.54) is 0 Å². The molecule has 0 radical (unpaired) electrons. The van der Waals surface area contributed by atoms with E-state index in [1.807, 2.05) is 24.3 Å². The summed E-state index contributed by atoms with van der Waals surface area (Å²) in [6, 6.07) is 16.2. The van der Waals surface area contributed by atoms with Gasteiger partial charge in [-0.2, -0.15) is 0 Å². The van der Waals surface area contributed by atoms with Crippen molar-refractivity contribution in [3.8, 4) is 0 Å². The summed E-state index contributed by atoms with van der Waals surface area (Å²) in [6.07, 6.45) is 0.114. The highest BCUT2D eigenvalue weighted by Gasteiger charge is 2.15. The molecule has 2 aromatic rings. The lowest BCUT2D eigenvalue weighted by Crippen LogP contribution is -2.12. The fraction of sp³-hybridized carbons (Fsp3) is 0.176. The zero-order valence-electron chi connectivity index (χ0n) is 11.3. The summed E-state index contributed by atoms with van der Waals surface area (Å²) >= 11 is 0. The van der Waals surface area contributed by atoms with Crippen molar-refractivity contribution in [2.45, 2.75) is 13.3 Å².